The zero-order chi connectivity index (χ0) is 12.5. The van der Waals surface area contributed by atoms with Gasteiger partial charge in [0, 0.05) is 18.7 Å². The summed E-state index contributed by atoms with van der Waals surface area (Å²) in [7, 11) is 0. The Hall–Kier alpha value is -0.610. The summed E-state index contributed by atoms with van der Waals surface area (Å²) in [5.41, 5.74) is 0. The van der Waals surface area contributed by atoms with Gasteiger partial charge in [-0.05, 0) is 44.9 Å². The largest absolute Gasteiger partial charge is 0.393 e. The Morgan fingerprint density at radius 3 is 2.50 bits per heavy atom. The molecule has 3 fully saturated rings. The number of piperidine rings is 1. The Bertz CT molecular complexity index is 300. The average Bonchev–Trinajstić information content (AvgIpc) is 2.63. The SMILES string of the molecule is O=C(CC1CCCCO1)N1C2CCC1CC(O)C2. The minimum Gasteiger partial charge on any atom is -0.393 e. The van der Waals surface area contributed by atoms with Crippen LogP contribution in [0.25, 0.3) is 0 Å². The van der Waals surface area contributed by atoms with Crippen LogP contribution in [0.15, 0.2) is 0 Å². The molecule has 2 bridgehead atoms. The number of carbonyl (C=O) groups excluding carboxylic acids is 1. The third-order valence-electron chi connectivity index (χ3n) is 4.67. The maximum atomic E-state index is 12.4. The van der Waals surface area contributed by atoms with Gasteiger partial charge in [-0.25, -0.2) is 0 Å². The fourth-order valence-corrected chi connectivity index (χ4v) is 3.82. The summed E-state index contributed by atoms with van der Waals surface area (Å²) in [6, 6.07) is 0.574. The van der Waals surface area contributed by atoms with E-state index >= 15 is 0 Å². The standard InChI is InChI=1S/C14H23NO3/c16-12-7-10-4-5-11(8-12)15(10)14(17)9-13-3-1-2-6-18-13/h10-13,16H,1-9H2. The van der Waals surface area contributed by atoms with Gasteiger partial charge in [0.05, 0.1) is 18.6 Å². The quantitative estimate of drug-likeness (QED) is 0.810. The summed E-state index contributed by atoms with van der Waals surface area (Å²) in [4.78, 5) is 14.5. The molecule has 0 radical (unpaired) electrons. The molecule has 3 saturated heterocycles. The van der Waals surface area contributed by atoms with Gasteiger partial charge in [0.25, 0.3) is 0 Å². The van der Waals surface area contributed by atoms with Crippen molar-refractivity contribution in [3.63, 3.8) is 0 Å². The summed E-state index contributed by atoms with van der Waals surface area (Å²) >= 11 is 0. The van der Waals surface area contributed by atoms with Crippen molar-refractivity contribution in [3.05, 3.63) is 0 Å². The molecule has 18 heavy (non-hydrogen) atoms. The van der Waals surface area contributed by atoms with Crippen LogP contribution in [-0.4, -0.2) is 46.8 Å². The highest BCUT2D eigenvalue weighted by Gasteiger charge is 2.42. The van der Waals surface area contributed by atoms with Gasteiger partial charge < -0.3 is 14.7 Å². The van der Waals surface area contributed by atoms with Gasteiger partial charge in [-0.2, -0.15) is 0 Å². The van der Waals surface area contributed by atoms with Crippen molar-refractivity contribution in [3.8, 4) is 0 Å². The van der Waals surface area contributed by atoms with Crippen LogP contribution in [0.4, 0.5) is 0 Å². The third kappa shape index (κ3) is 2.41. The zero-order valence-corrected chi connectivity index (χ0v) is 10.9. The molecule has 0 aromatic heterocycles. The van der Waals surface area contributed by atoms with Gasteiger partial charge in [0.15, 0.2) is 0 Å². The van der Waals surface area contributed by atoms with Crippen LogP contribution in [0.3, 0.4) is 0 Å². The summed E-state index contributed by atoms with van der Waals surface area (Å²) in [5.74, 6) is 0.251. The van der Waals surface area contributed by atoms with E-state index in [9.17, 15) is 9.90 Å². The monoisotopic (exact) mass is 253 g/mol. The predicted molar refractivity (Wildman–Crippen MR) is 67.1 cm³/mol. The maximum Gasteiger partial charge on any atom is 0.225 e. The minimum atomic E-state index is -0.197. The number of aliphatic hydroxyl groups is 1. The van der Waals surface area contributed by atoms with Crippen LogP contribution >= 0.6 is 0 Å². The number of nitrogens with zero attached hydrogens (tertiary/aromatic N) is 1. The van der Waals surface area contributed by atoms with E-state index in [4.69, 9.17) is 4.74 Å². The molecule has 102 valence electrons. The molecule has 0 saturated carbocycles. The van der Waals surface area contributed by atoms with E-state index in [0.29, 0.717) is 6.42 Å². The molecular formula is C14H23NO3. The van der Waals surface area contributed by atoms with Gasteiger partial charge in [-0.3, -0.25) is 4.79 Å². The van der Waals surface area contributed by atoms with E-state index in [2.05, 4.69) is 4.90 Å². The topological polar surface area (TPSA) is 49.8 Å². The lowest BCUT2D eigenvalue weighted by molar-refractivity contribution is -0.141. The first-order valence-electron chi connectivity index (χ1n) is 7.35. The highest BCUT2D eigenvalue weighted by Crippen LogP contribution is 2.36. The van der Waals surface area contributed by atoms with Gasteiger partial charge in [0.2, 0.25) is 5.91 Å². The van der Waals surface area contributed by atoms with E-state index in [1.54, 1.807) is 0 Å². The highest BCUT2D eigenvalue weighted by atomic mass is 16.5. The second kappa shape index (κ2) is 5.17. The zero-order valence-electron chi connectivity index (χ0n) is 10.9. The van der Waals surface area contributed by atoms with Crippen LogP contribution in [-0.2, 0) is 9.53 Å². The number of hydrogen-bond donors (Lipinski definition) is 1. The predicted octanol–water partition coefficient (Wildman–Crippen LogP) is 1.46. The summed E-state index contributed by atoms with van der Waals surface area (Å²) in [6.45, 7) is 0.809. The summed E-state index contributed by atoms with van der Waals surface area (Å²) in [5, 5.41) is 9.75. The number of hydrogen-bond acceptors (Lipinski definition) is 3. The van der Waals surface area contributed by atoms with Crippen molar-refractivity contribution >= 4 is 5.91 Å². The molecule has 0 spiro atoms. The first-order valence-corrected chi connectivity index (χ1v) is 7.35. The van der Waals surface area contributed by atoms with Gasteiger partial charge in [-0.1, -0.05) is 0 Å². The molecule has 3 rings (SSSR count). The summed E-state index contributed by atoms with van der Waals surface area (Å²) < 4.78 is 5.65. The molecule has 1 amide bonds. The Labute approximate surface area is 108 Å². The molecule has 1 N–H and O–H groups in total. The molecular weight excluding hydrogens is 230 g/mol. The molecule has 4 nitrogen and oxygen atoms in total. The van der Waals surface area contributed by atoms with Crippen molar-refractivity contribution in [2.75, 3.05) is 6.61 Å². The fraction of sp³-hybridized carbons (Fsp3) is 0.929. The van der Waals surface area contributed by atoms with E-state index in [1.165, 1.54) is 6.42 Å². The minimum absolute atomic E-state index is 0.137. The first kappa shape index (κ1) is 12.4. The number of fused-ring (bicyclic) bond motifs is 2. The smallest absolute Gasteiger partial charge is 0.225 e. The molecule has 3 heterocycles. The molecule has 3 aliphatic heterocycles. The number of rotatable bonds is 2. The number of aliphatic hydroxyl groups excluding tert-OH is 1. The molecule has 4 heteroatoms. The van der Waals surface area contributed by atoms with Crippen molar-refractivity contribution < 1.29 is 14.6 Å². The molecule has 0 aliphatic carbocycles. The lowest BCUT2D eigenvalue weighted by Crippen LogP contribution is -2.49. The Morgan fingerprint density at radius 1 is 1.17 bits per heavy atom. The lowest BCUT2D eigenvalue weighted by atomic mass is 9.98. The van der Waals surface area contributed by atoms with Crippen molar-refractivity contribution in [1.82, 2.24) is 4.90 Å². The lowest BCUT2D eigenvalue weighted by Gasteiger charge is -2.38. The first-order chi connectivity index (χ1) is 8.74. The second-order valence-electron chi connectivity index (χ2n) is 6.00. The molecule has 3 unspecified atom stereocenters. The molecule has 3 aliphatic rings. The summed E-state index contributed by atoms with van der Waals surface area (Å²) in [6.07, 6.45) is 7.50. The Balaban J connectivity index is 1.59. The van der Waals surface area contributed by atoms with Crippen molar-refractivity contribution in [1.29, 1.82) is 0 Å². The van der Waals surface area contributed by atoms with Crippen LogP contribution in [0.1, 0.15) is 51.4 Å². The van der Waals surface area contributed by atoms with Crippen molar-refractivity contribution in [2.45, 2.75) is 75.7 Å². The van der Waals surface area contributed by atoms with Crippen LogP contribution in [0.2, 0.25) is 0 Å². The van der Waals surface area contributed by atoms with Gasteiger partial charge in [0.1, 0.15) is 0 Å². The van der Waals surface area contributed by atoms with Gasteiger partial charge in [-0.15, -0.1) is 0 Å². The fourth-order valence-electron chi connectivity index (χ4n) is 3.82. The Kier molecular flexibility index (Phi) is 3.57. The maximum absolute atomic E-state index is 12.4. The number of carbonyl (C=O) groups is 1. The van der Waals surface area contributed by atoms with E-state index in [1.807, 2.05) is 0 Å². The number of ether oxygens (including phenoxy) is 1. The van der Waals surface area contributed by atoms with E-state index in [0.717, 1.165) is 45.1 Å². The van der Waals surface area contributed by atoms with E-state index < -0.39 is 0 Å². The van der Waals surface area contributed by atoms with E-state index in [-0.39, 0.29) is 30.2 Å². The van der Waals surface area contributed by atoms with Crippen LogP contribution < -0.4 is 0 Å². The third-order valence-corrected chi connectivity index (χ3v) is 4.67. The molecule has 3 atom stereocenters. The molecule has 0 aromatic carbocycles. The number of amides is 1. The Morgan fingerprint density at radius 2 is 1.89 bits per heavy atom. The normalized spacial score (nSPS) is 39.9. The van der Waals surface area contributed by atoms with Crippen LogP contribution in [0, 0.1) is 0 Å². The molecule has 0 aromatic rings. The average molecular weight is 253 g/mol. The van der Waals surface area contributed by atoms with Crippen molar-refractivity contribution in [2.24, 2.45) is 0 Å². The van der Waals surface area contributed by atoms with Crippen LogP contribution in [0.5, 0.6) is 0 Å². The van der Waals surface area contributed by atoms with Gasteiger partial charge >= 0.3 is 0 Å². The highest BCUT2D eigenvalue weighted by molar-refractivity contribution is 5.78. The second-order valence-corrected chi connectivity index (χ2v) is 6.00.